The third-order valence-electron chi connectivity index (χ3n) is 8.68. The molecule has 1 unspecified atom stereocenters. The van der Waals surface area contributed by atoms with E-state index in [-0.39, 0.29) is 54.7 Å². The van der Waals surface area contributed by atoms with Crippen molar-refractivity contribution >= 4 is 22.8 Å². The molecule has 0 spiro atoms. The van der Waals surface area contributed by atoms with E-state index in [1.807, 2.05) is 0 Å². The van der Waals surface area contributed by atoms with E-state index >= 15 is 4.39 Å². The topological polar surface area (TPSA) is 132 Å². The van der Waals surface area contributed by atoms with Gasteiger partial charge in [-0.2, -0.15) is 8.78 Å². The van der Waals surface area contributed by atoms with Crippen LogP contribution in [0.2, 0.25) is 0 Å². The molecule has 0 radical (unpaired) electrons. The molecule has 0 bridgehead atoms. The number of likely N-dealkylation sites (tertiary alicyclic amines) is 2. The number of imidazole rings is 1. The van der Waals surface area contributed by atoms with Crippen LogP contribution in [0.25, 0.3) is 22.3 Å². The molecular weight excluding hydrogens is 624 g/mol. The first-order valence-corrected chi connectivity index (χ1v) is 14.9. The molecule has 1 atom stereocenters. The Kier molecular flexibility index (Phi) is 8.23. The number of carbonyl (C=O) groups excluding carboxylic acids is 2. The molecule has 1 N–H and O–H groups in total. The number of ether oxygens (including phenoxy) is 1. The minimum atomic E-state index is -2.92. The Labute approximate surface area is 266 Å². The van der Waals surface area contributed by atoms with E-state index in [1.54, 1.807) is 17.7 Å². The van der Waals surface area contributed by atoms with Crippen molar-refractivity contribution in [2.45, 2.75) is 50.6 Å². The minimum absolute atomic E-state index is 0.00257. The Morgan fingerprint density at radius 3 is 2.55 bits per heavy atom. The number of benzene rings is 1. The molecule has 47 heavy (non-hydrogen) atoms. The maximum absolute atomic E-state index is 15.2. The molecule has 248 valence electrons. The van der Waals surface area contributed by atoms with E-state index in [0.717, 1.165) is 24.7 Å². The number of piperidine rings is 1. The van der Waals surface area contributed by atoms with Crippen LogP contribution >= 0.6 is 0 Å². The SMILES string of the molecule is C=CC(=O)N1CC(F)(C(=O)N2CCC(n3nnc(-c4cc(OCC(C)(O)c5ccc(F)cn5)c5c(c4)ncn5C(F)F)c3C)CC2)C1. The fraction of sp³-hybridized carbons (Fsp3) is 0.419. The van der Waals surface area contributed by atoms with E-state index in [1.165, 1.54) is 28.9 Å². The molecule has 2 aliphatic heterocycles. The summed E-state index contributed by atoms with van der Waals surface area (Å²) in [6, 6.07) is 5.40. The maximum atomic E-state index is 15.2. The van der Waals surface area contributed by atoms with Gasteiger partial charge < -0.3 is 19.6 Å². The van der Waals surface area contributed by atoms with Gasteiger partial charge in [-0.3, -0.25) is 19.1 Å². The number of rotatable bonds is 9. The summed E-state index contributed by atoms with van der Waals surface area (Å²) in [5.41, 5.74) is -1.89. The second-order valence-corrected chi connectivity index (χ2v) is 12.1. The molecule has 3 aromatic heterocycles. The molecule has 1 aromatic carbocycles. The lowest BCUT2D eigenvalue weighted by atomic mass is 9.92. The number of fused-ring (bicyclic) bond motifs is 1. The zero-order chi connectivity index (χ0) is 33.7. The molecule has 0 saturated carbocycles. The highest BCUT2D eigenvalue weighted by atomic mass is 19.3. The zero-order valence-electron chi connectivity index (χ0n) is 25.6. The molecule has 16 heteroatoms. The smallest absolute Gasteiger partial charge is 0.320 e. The summed E-state index contributed by atoms with van der Waals surface area (Å²) < 4.78 is 64.7. The van der Waals surface area contributed by atoms with Gasteiger partial charge in [0.2, 0.25) is 11.6 Å². The van der Waals surface area contributed by atoms with Gasteiger partial charge in [-0.1, -0.05) is 11.8 Å². The zero-order valence-corrected chi connectivity index (χ0v) is 25.6. The first kappa shape index (κ1) is 32.1. The van der Waals surface area contributed by atoms with E-state index in [4.69, 9.17) is 4.74 Å². The van der Waals surface area contributed by atoms with Crippen LogP contribution in [0.15, 0.2) is 49.4 Å². The molecule has 12 nitrogen and oxygen atoms in total. The molecular formula is C31H32F4N8O4. The summed E-state index contributed by atoms with van der Waals surface area (Å²) in [5, 5.41) is 19.7. The van der Waals surface area contributed by atoms with Gasteiger partial charge >= 0.3 is 6.55 Å². The number of alkyl halides is 3. The highest BCUT2D eigenvalue weighted by Crippen LogP contribution is 2.37. The number of aromatic nitrogens is 6. The van der Waals surface area contributed by atoms with Crippen LogP contribution in [-0.4, -0.2) is 94.7 Å². The summed E-state index contributed by atoms with van der Waals surface area (Å²) in [7, 11) is 0. The lowest BCUT2D eigenvalue weighted by Crippen LogP contribution is -2.68. The largest absolute Gasteiger partial charge is 0.488 e. The van der Waals surface area contributed by atoms with E-state index in [9.17, 15) is 27.9 Å². The average molecular weight is 657 g/mol. The molecule has 4 aromatic rings. The van der Waals surface area contributed by atoms with Crippen LogP contribution < -0.4 is 4.74 Å². The van der Waals surface area contributed by atoms with Gasteiger partial charge in [0.05, 0.1) is 42.2 Å². The van der Waals surface area contributed by atoms with Gasteiger partial charge in [-0.15, -0.1) is 5.10 Å². The van der Waals surface area contributed by atoms with Gasteiger partial charge in [-0.05, 0) is 57.0 Å². The van der Waals surface area contributed by atoms with Crippen LogP contribution in [0.3, 0.4) is 0 Å². The lowest BCUT2D eigenvalue weighted by molar-refractivity contribution is -0.162. The van der Waals surface area contributed by atoms with Gasteiger partial charge in [0, 0.05) is 18.7 Å². The number of hydrogen-bond acceptors (Lipinski definition) is 8. The fourth-order valence-electron chi connectivity index (χ4n) is 6.04. The summed E-state index contributed by atoms with van der Waals surface area (Å²) in [4.78, 5) is 35.3. The maximum Gasteiger partial charge on any atom is 0.320 e. The fourth-order valence-corrected chi connectivity index (χ4v) is 6.04. The van der Waals surface area contributed by atoms with Crippen molar-refractivity contribution in [3.8, 4) is 17.0 Å². The Morgan fingerprint density at radius 1 is 1.19 bits per heavy atom. The number of hydrogen-bond donors (Lipinski definition) is 1. The monoisotopic (exact) mass is 656 g/mol. The number of halogens is 4. The van der Waals surface area contributed by atoms with E-state index in [0.29, 0.717) is 34.4 Å². The van der Waals surface area contributed by atoms with Crippen LogP contribution in [0, 0.1) is 12.7 Å². The molecule has 5 heterocycles. The number of pyridine rings is 1. The van der Waals surface area contributed by atoms with Crippen molar-refractivity contribution in [2.75, 3.05) is 32.8 Å². The second-order valence-electron chi connectivity index (χ2n) is 12.1. The van der Waals surface area contributed by atoms with Crippen molar-refractivity contribution in [2.24, 2.45) is 0 Å². The summed E-state index contributed by atoms with van der Waals surface area (Å²) in [5.74, 6) is -1.64. The van der Waals surface area contributed by atoms with Crippen molar-refractivity contribution < 1.29 is 37.0 Å². The van der Waals surface area contributed by atoms with Crippen LogP contribution in [0.5, 0.6) is 5.75 Å². The third-order valence-corrected chi connectivity index (χ3v) is 8.68. The summed E-state index contributed by atoms with van der Waals surface area (Å²) in [6.07, 6.45) is 4.00. The summed E-state index contributed by atoms with van der Waals surface area (Å²) >= 11 is 0. The first-order valence-electron chi connectivity index (χ1n) is 14.9. The number of nitrogens with zero attached hydrogens (tertiary/aromatic N) is 8. The standard InChI is InChI=1S/C31H32F4N8O4/c1-4-25(44)41-14-31(35,15-41)28(45)40-9-7-21(8-10-40)43-18(2)26(38-39-43)19-11-22-27(42(17-37-22)29(33)34)23(12-19)47-16-30(3,46)24-6-5-20(32)13-36-24/h4-6,11-13,17,21,29,46H,1,7-10,14-16H2,2-3H3. The van der Waals surface area contributed by atoms with Crippen molar-refractivity contribution in [3.05, 3.63) is 66.6 Å². The number of carbonyl (C=O) groups is 2. The van der Waals surface area contributed by atoms with Crippen molar-refractivity contribution in [3.63, 3.8) is 0 Å². The van der Waals surface area contributed by atoms with E-state index < -0.39 is 42.1 Å². The predicted octanol–water partition coefficient (Wildman–Crippen LogP) is 3.72. The van der Waals surface area contributed by atoms with Crippen molar-refractivity contribution in [1.82, 2.24) is 39.3 Å². The molecule has 2 amide bonds. The Bertz CT molecular complexity index is 1830. The lowest BCUT2D eigenvalue weighted by Gasteiger charge is -2.45. The van der Waals surface area contributed by atoms with Crippen LogP contribution in [0.4, 0.5) is 17.6 Å². The third kappa shape index (κ3) is 5.92. The Morgan fingerprint density at radius 2 is 1.91 bits per heavy atom. The molecule has 6 rings (SSSR count). The van der Waals surface area contributed by atoms with Crippen LogP contribution in [-0.2, 0) is 15.2 Å². The van der Waals surface area contributed by atoms with Crippen LogP contribution in [0.1, 0.15) is 43.7 Å². The summed E-state index contributed by atoms with van der Waals surface area (Å²) in [6.45, 7) is 3.26. The Balaban J connectivity index is 1.21. The highest BCUT2D eigenvalue weighted by molar-refractivity contribution is 5.93. The molecule has 0 aliphatic carbocycles. The number of amides is 2. The van der Waals surface area contributed by atoms with E-state index in [2.05, 4.69) is 26.9 Å². The second kappa shape index (κ2) is 12.1. The number of aliphatic hydroxyl groups is 1. The highest BCUT2D eigenvalue weighted by Gasteiger charge is 2.53. The van der Waals surface area contributed by atoms with Gasteiger partial charge in [0.15, 0.2) is 0 Å². The normalized spacial score (nSPS) is 17.9. The van der Waals surface area contributed by atoms with Gasteiger partial charge in [0.1, 0.15) is 41.3 Å². The quantitative estimate of drug-likeness (QED) is 0.213. The molecule has 2 saturated heterocycles. The minimum Gasteiger partial charge on any atom is -0.488 e. The average Bonchev–Trinajstić information content (AvgIpc) is 3.65. The first-order chi connectivity index (χ1) is 22.3. The molecule has 2 aliphatic rings. The van der Waals surface area contributed by atoms with Gasteiger partial charge in [0.25, 0.3) is 5.91 Å². The predicted molar refractivity (Wildman–Crippen MR) is 159 cm³/mol. The molecule has 2 fully saturated rings. The van der Waals surface area contributed by atoms with Crippen molar-refractivity contribution in [1.29, 1.82) is 0 Å². The van der Waals surface area contributed by atoms with Gasteiger partial charge in [-0.25, -0.2) is 18.4 Å². The Hall–Kier alpha value is -4.86.